The summed E-state index contributed by atoms with van der Waals surface area (Å²) in [6.45, 7) is 12.0. The lowest BCUT2D eigenvalue weighted by Gasteiger charge is -2.26. The summed E-state index contributed by atoms with van der Waals surface area (Å²) in [5, 5.41) is 3.21. The molecule has 0 aromatic rings. The van der Waals surface area contributed by atoms with Gasteiger partial charge in [0.2, 0.25) is 0 Å². The molecule has 0 amide bonds. The first-order chi connectivity index (χ1) is 7.81. The number of hydrogen-bond acceptors (Lipinski definition) is 3. The average Bonchev–Trinajstić information content (AvgIpc) is 2.75. The van der Waals surface area contributed by atoms with Crippen molar-refractivity contribution in [3.8, 4) is 0 Å². The van der Waals surface area contributed by atoms with E-state index < -0.39 is 0 Å². The van der Waals surface area contributed by atoms with Crippen LogP contribution in [-0.4, -0.2) is 62.2 Å². The summed E-state index contributed by atoms with van der Waals surface area (Å²) in [4.78, 5) is 5.24. The summed E-state index contributed by atoms with van der Waals surface area (Å²) in [5.74, 6) is 0. The number of likely N-dealkylation sites (N-methyl/N-ethyl adjacent to an activating group) is 1. The summed E-state index contributed by atoms with van der Waals surface area (Å²) >= 11 is 0. The molecule has 1 heterocycles. The third kappa shape index (κ3) is 4.40. The first-order valence-electron chi connectivity index (χ1n) is 6.92. The van der Waals surface area contributed by atoms with Gasteiger partial charge in [0.25, 0.3) is 0 Å². The van der Waals surface area contributed by atoms with Crippen LogP contribution in [0.3, 0.4) is 0 Å². The fourth-order valence-corrected chi connectivity index (χ4v) is 2.69. The van der Waals surface area contributed by atoms with Gasteiger partial charge in [-0.05, 0) is 59.0 Å². The van der Waals surface area contributed by atoms with Gasteiger partial charge in [-0.2, -0.15) is 0 Å². The minimum atomic E-state index is 0.819. The van der Waals surface area contributed by atoms with Crippen LogP contribution in [0.2, 0.25) is 0 Å². The molecule has 1 atom stereocenters. The zero-order valence-corrected chi connectivity index (χ0v) is 11.3. The highest BCUT2D eigenvalue weighted by Gasteiger charge is 2.25. The molecule has 3 nitrogen and oxygen atoms in total. The first-order valence-corrected chi connectivity index (χ1v) is 6.92. The number of nitrogens with one attached hydrogen (secondary N) is 1. The van der Waals surface area contributed by atoms with Crippen molar-refractivity contribution in [1.82, 2.24) is 15.1 Å². The maximum absolute atomic E-state index is 3.21. The number of likely N-dealkylation sites (tertiary alicyclic amines) is 1. The zero-order valence-electron chi connectivity index (χ0n) is 11.3. The van der Waals surface area contributed by atoms with Crippen LogP contribution < -0.4 is 5.32 Å². The summed E-state index contributed by atoms with van der Waals surface area (Å²) in [7, 11) is 2.03. The van der Waals surface area contributed by atoms with Crippen LogP contribution in [0.1, 0.15) is 33.1 Å². The van der Waals surface area contributed by atoms with Crippen LogP contribution >= 0.6 is 0 Å². The van der Waals surface area contributed by atoms with Crippen LogP contribution in [0.5, 0.6) is 0 Å². The molecule has 1 saturated heterocycles. The van der Waals surface area contributed by atoms with E-state index in [0.29, 0.717) is 0 Å². The Morgan fingerprint density at radius 3 is 2.62 bits per heavy atom. The zero-order chi connectivity index (χ0) is 11.8. The fraction of sp³-hybridized carbons (Fsp3) is 1.00. The lowest BCUT2D eigenvalue weighted by molar-refractivity contribution is 0.210. The normalized spacial score (nSPS) is 22.1. The third-order valence-corrected chi connectivity index (χ3v) is 3.73. The molecule has 0 saturated carbocycles. The molecule has 1 rings (SSSR count). The molecule has 16 heavy (non-hydrogen) atoms. The Hall–Kier alpha value is -0.120. The third-order valence-electron chi connectivity index (χ3n) is 3.73. The van der Waals surface area contributed by atoms with E-state index in [9.17, 15) is 0 Å². The second kappa shape index (κ2) is 8.04. The maximum atomic E-state index is 3.21. The molecule has 3 heteroatoms. The van der Waals surface area contributed by atoms with Crippen LogP contribution in [-0.2, 0) is 0 Å². The van der Waals surface area contributed by atoms with Crippen molar-refractivity contribution in [3.63, 3.8) is 0 Å². The Balaban J connectivity index is 2.14. The van der Waals surface area contributed by atoms with Crippen molar-refractivity contribution in [2.24, 2.45) is 0 Å². The van der Waals surface area contributed by atoms with Crippen LogP contribution in [0.25, 0.3) is 0 Å². The lowest BCUT2D eigenvalue weighted by Crippen LogP contribution is -2.37. The van der Waals surface area contributed by atoms with Gasteiger partial charge in [-0.1, -0.05) is 13.8 Å². The van der Waals surface area contributed by atoms with Crippen molar-refractivity contribution in [2.45, 2.75) is 39.2 Å². The van der Waals surface area contributed by atoms with Gasteiger partial charge in [0.05, 0.1) is 0 Å². The first kappa shape index (κ1) is 13.9. The predicted octanol–water partition coefficient (Wildman–Crippen LogP) is 1.40. The van der Waals surface area contributed by atoms with Crippen LogP contribution in [0.4, 0.5) is 0 Å². The van der Waals surface area contributed by atoms with E-state index in [1.54, 1.807) is 0 Å². The van der Waals surface area contributed by atoms with Crippen molar-refractivity contribution in [3.05, 3.63) is 0 Å². The summed E-state index contributed by atoms with van der Waals surface area (Å²) in [6, 6.07) is 0.819. The predicted molar refractivity (Wildman–Crippen MR) is 70.9 cm³/mol. The summed E-state index contributed by atoms with van der Waals surface area (Å²) in [5.41, 5.74) is 0. The molecule has 1 aliphatic rings. The molecule has 1 unspecified atom stereocenters. The second-order valence-electron chi connectivity index (χ2n) is 4.77. The molecule has 0 aliphatic carbocycles. The van der Waals surface area contributed by atoms with Gasteiger partial charge in [0.1, 0.15) is 0 Å². The molecule has 0 spiro atoms. The van der Waals surface area contributed by atoms with Gasteiger partial charge >= 0.3 is 0 Å². The van der Waals surface area contributed by atoms with E-state index in [1.165, 1.54) is 52.0 Å². The Morgan fingerprint density at radius 2 is 2.00 bits per heavy atom. The van der Waals surface area contributed by atoms with E-state index in [-0.39, 0.29) is 0 Å². The SMILES string of the molecule is CCN(CC)C1CCN(CCCCNC)C1. The summed E-state index contributed by atoms with van der Waals surface area (Å²) in [6.07, 6.45) is 4.02. The quantitative estimate of drug-likeness (QED) is 0.632. The van der Waals surface area contributed by atoms with E-state index in [4.69, 9.17) is 0 Å². The molecule has 0 aromatic heterocycles. The van der Waals surface area contributed by atoms with E-state index in [2.05, 4.69) is 29.0 Å². The van der Waals surface area contributed by atoms with E-state index in [1.807, 2.05) is 7.05 Å². The monoisotopic (exact) mass is 227 g/mol. The van der Waals surface area contributed by atoms with Gasteiger partial charge in [-0.3, -0.25) is 4.90 Å². The number of hydrogen-bond donors (Lipinski definition) is 1. The van der Waals surface area contributed by atoms with Crippen molar-refractivity contribution in [1.29, 1.82) is 0 Å². The molecule has 1 aliphatic heterocycles. The van der Waals surface area contributed by atoms with E-state index in [0.717, 1.165) is 12.6 Å². The van der Waals surface area contributed by atoms with Gasteiger partial charge < -0.3 is 10.2 Å². The average molecular weight is 227 g/mol. The topological polar surface area (TPSA) is 18.5 Å². The Labute approximate surface area is 101 Å². The lowest BCUT2D eigenvalue weighted by atomic mass is 10.2. The van der Waals surface area contributed by atoms with Crippen LogP contribution in [0, 0.1) is 0 Å². The molecule has 1 N–H and O–H groups in total. The van der Waals surface area contributed by atoms with E-state index >= 15 is 0 Å². The van der Waals surface area contributed by atoms with Gasteiger partial charge in [0, 0.05) is 12.6 Å². The molecule has 1 fully saturated rings. The van der Waals surface area contributed by atoms with Crippen LogP contribution in [0.15, 0.2) is 0 Å². The Bertz CT molecular complexity index is 169. The van der Waals surface area contributed by atoms with Gasteiger partial charge in [-0.25, -0.2) is 0 Å². The number of rotatable bonds is 8. The highest BCUT2D eigenvalue weighted by atomic mass is 15.2. The number of unbranched alkanes of at least 4 members (excludes halogenated alkanes) is 1. The largest absolute Gasteiger partial charge is 0.320 e. The Morgan fingerprint density at radius 1 is 1.25 bits per heavy atom. The highest BCUT2D eigenvalue weighted by Crippen LogP contribution is 2.15. The van der Waals surface area contributed by atoms with Gasteiger partial charge in [-0.15, -0.1) is 0 Å². The second-order valence-corrected chi connectivity index (χ2v) is 4.77. The van der Waals surface area contributed by atoms with Gasteiger partial charge in [0.15, 0.2) is 0 Å². The van der Waals surface area contributed by atoms with Crippen molar-refractivity contribution in [2.75, 3.05) is 46.3 Å². The van der Waals surface area contributed by atoms with Crippen molar-refractivity contribution < 1.29 is 0 Å². The molecular formula is C13H29N3. The number of nitrogens with zero attached hydrogens (tertiary/aromatic N) is 2. The van der Waals surface area contributed by atoms with Crippen molar-refractivity contribution >= 4 is 0 Å². The molecule has 0 radical (unpaired) electrons. The Kier molecular flexibility index (Phi) is 7.01. The minimum Gasteiger partial charge on any atom is -0.320 e. The molecule has 0 bridgehead atoms. The molecule has 0 aromatic carbocycles. The summed E-state index contributed by atoms with van der Waals surface area (Å²) < 4.78 is 0. The highest BCUT2D eigenvalue weighted by molar-refractivity contribution is 4.82. The molecule has 96 valence electrons. The fourth-order valence-electron chi connectivity index (χ4n) is 2.69. The maximum Gasteiger partial charge on any atom is 0.0235 e. The smallest absolute Gasteiger partial charge is 0.0235 e. The molecular weight excluding hydrogens is 198 g/mol. The standard InChI is InChI=1S/C13H29N3/c1-4-16(5-2)13-8-11-15(12-13)10-7-6-9-14-3/h13-14H,4-12H2,1-3H3. The minimum absolute atomic E-state index is 0.819.